The van der Waals surface area contributed by atoms with Crippen LogP contribution in [0.3, 0.4) is 0 Å². The van der Waals surface area contributed by atoms with Crippen molar-refractivity contribution in [3.05, 3.63) is 28.2 Å². The lowest BCUT2D eigenvalue weighted by Crippen LogP contribution is -2.43. The molecule has 1 heterocycles. The van der Waals surface area contributed by atoms with Gasteiger partial charge in [0.15, 0.2) is 0 Å². The second-order valence-electron chi connectivity index (χ2n) is 5.57. The van der Waals surface area contributed by atoms with E-state index in [-0.39, 0.29) is 11.2 Å². The summed E-state index contributed by atoms with van der Waals surface area (Å²) >= 11 is 3.45. The van der Waals surface area contributed by atoms with Gasteiger partial charge in [0.1, 0.15) is 0 Å². The topological polar surface area (TPSA) is 58.6 Å². The minimum absolute atomic E-state index is 0.0244. The van der Waals surface area contributed by atoms with E-state index in [2.05, 4.69) is 35.1 Å². The summed E-state index contributed by atoms with van der Waals surface area (Å²) in [5.41, 5.74) is 1.20. The van der Waals surface area contributed by atoms with Crippen molar-refractivity contribution in [1.82, 2.24) is 0 Å². The molecule has 1 saturated heterocycles. The van der Waals surface area contributed by atoms with Crippen molar-refractivity contribution in [1.29, 1.82) is 0 Å². The maximum Gasteiger partial charge on any atom is 0.335 e. The Balaban J connectivity index is 2.09. The number of anilines is 1. The van der Waals surface area contributed by atoms with Crippen LogP contribution < -0.4 is 5.32 Å². The molecule has 2 N–H and O–H groups in total. The van der Waals surface area contributed by atoms with E-state index < -0.39 is 5.97 Å². The van der Waals surface area contributed by atoms with Crippen molar-refractivity contribution >= 4 is 27.6 Å². The lowest BCUT2D eigenvalue weighted by atomic mass is 9.86. The highest BCUT2D eigenvalue weighted by Crippen LogP contribution is 2.34. The molecule has 21 heavy (non-hydrogen) atoms. The van der Waals surface area contributed by atoms with Crippen LogP contribution in [0, 0.1) is 0 Å². The largest absolute Gasteiger partial charge is 0.478 e. The number of nitrogens with one attached hydrogen (secondary N) is 1. The molecule has 116 valence electrons. The Morgan fingerprint density at radius 3 is 2.76 bits per heavy atom. The highest BCUT2D eigenvalue weighted by molar-refractivity contribution is 9.10. The SMILES string of the molecule is CCC1(CC)CC(Nc2ccc(C(=O)O)cc2Br)CCO1. The number of rotatable bonds is 5. The van der Waals surface area contributed by atoms with Crippen molar-refractivity contribution in [3.63, 3.8) is 0 Å². The number of carbonyl (C=O) groups is 1. The first-order chi connectivity index (χ1) is 9.99. The Morgan fingerprint density at radius 2 is 2.19 bits per heavy atom. The van der Waals surface area contributed by atoms with Gasteiger partial charge in [-0.25, -0.2) is 4.79 Å². The van der Waals surface area contributed by atoms with Crippen LogP contribution in [0.1, 0.15) is 49.9 Å². The molecule has 2 rings (SSSR count). The molecule has 1 aliphatic rings. The van der Waals surface area contributed by atoms with Gasteiger partial charge in [-0.1, -0.05) is 13.8 Å². The van der Waals surface area contributed by atoms with E-state index in [4.69, 9.17) is 9.84 Å². The molecule has 1 fully saturated rings. The normalized spacial score (nSPS) is 21.0. The summed E-state index contributed by atoms with van der Waals surface area (Å²) in [4.78, 5) is 11.0. The number of hydrogen-bond acceptors (Lipinski definition) is 3. The van der Waals surface area contributed by atoms with Crippen molar-refractivity contribution in [2.24, 2.45) is 0 Å². The van der Waals surface area contributed by atoms with Gasteiger partial charge in [-0.3, -0.25) is 0 Å². The summed E-state index contributed by atoms with van der Waals surface area (Å²) in [5, 5.41) is 12.5. The lowest BCUT2D eigenvalue weighted by molar-refractivity contribution is -0.0864. The summed E-state index contributed by atoms with van der Waals surface area (Å²) in [5.74, 6) is -0.913. The maximum absolute atomic E-state index is 11.0. The molecule has 1 unspecified atom stereocenters. The Bertz CT molecular complexity index is 514. The first kappa shape index (κ1) is 16.3. The summed E-state index contributed by atoms with van der Waals surface area (Å²) in [7, 11) is 0. The number of benzene rings is 1. The number of halogens is 1. The third kappa shape index (κ3) is 3.77. The zero-order valence-corrected chi connectivity index (χ0v) is 14.1. The molecule has 4 nitrogen and oxygen atoms in total. The van der Waals surface area contributed by atoms with Gasteiger partial charge in [0, 0.05) is 22.8 Å². The van der Waals surface area contributed by atoms with E-state index in [1.807, 2.05) is 6.07 Å². The smallest absolute Gasteiger partial charge is 0.335 e. The first-order valence-corrected chi connectivity index (χ1v) is 8.22. The molecule has 0 spiro atoms. The monoisotopic (exact) mass is 355 g/mol. The quantitative estimate of drug-likeness (QED) is 0.826. The predicted molar refractivity (Wildman–Crippen MR) is 87.0 cm³/mol. The summed E-state index contributed by atoms with van der Waals surface area (Å²) < 4.78 is 6.77. The van der Waals surface area contributed by atoms with Crippen molar-refractivity contribution in [2.75, 3.05) is 11.9 Å². The van der Waals surface area contributed by atoms with E-state index in [0.29, 0.717) is 6.04 Å². The van der Waals surface area contributed by atoms with Gasteiger partial charge < -0.3 is 15.2 Å². The number of hydrogen-bond donors (Lipinski definition) is 2. The fraction of sp³-hybridized carbons (Fsp3) is 0.562. The van der Waals surface area contributed by atoms with Crippen LogP contribution in [0.25, 0.3) is 0 Å². The zero-order chi connectivity index (χ0) is 15.5. The maximum atomic E-state index is 11.0. The van der Waals surface area contributed by atoms with E-state index >= 15 is 0 Å². The summed E-state index contributed by atoms with van der Waals surface area (Å²) in [6.07, 6.45) is 3.98. The van der Waals surface area contributed by atoms with Gasteiger partial charge >= 0.3 is 5.97 Å². The fourth-order valence-electron chi connectivity index (χ4n) is 2.88. The average molecular weight is 356 g/mol. The van der Waals surface area contributed by atoms with Gasteiger partial charge in [-0.2, -0.15) is 0 Å². The van der Waals surface area contributed by atoms with Gasteiger partial charge in [0.25, 0.3) is 0 Å². The molecule has 0 bridgehead atoms. The molecule has 0 aliphatic carbocycles. The third-order valence-corrected chi connectivity index (χ3v) is 5.01. The molecular formula is C16H22BrNO3. The van der Waals surface area contributed by atoms with Crippen molar-refractivity contribution in [2.45, 2.75) is 51.2 Å². The number of carboxylic acids is 1. The minimum Gasteiger partial charge on any atom is -0.478 e. The molecule has 1 aliphatic heterocycles. The lowest BCUT2D eigenvalue weighted by Gasteiger charge is -2.40. The van der Waals surface area contributed by atoms with Gasteiger partial charge in [0.2, 0.25) is 0 Å². The second-order valence-corrected chi connectivity index (χ2v) is 6.43. The van der Waals surface area contributed by atoms with Crippen molar-refractivity contribution < 1.29 is 14.6 Å². The Kier molecular flexibility index (Phi) is 5.27. The minimum atomic E-state index is -0.913. The van der Waals surface area contributed by atoms with Crippen LogP contribution in [0.5, 0.6) is 0 Å². The van der Waals surface area contributed by atoms with Crippen molar-refractivity contribution in [3.8, 4) is 0 Å². The molecule has 0 radical (unpaired) electrons. The molecule has 0 amide bonds. The van der Waals surface area contributed by atoms with E-state index in [0.717, 1.165) is 42.5 Å². The predicted octanol–water partition coefficient (Wildman–Crippen LogP) is 4.30. The van der Waals surface area contributed by atoms with Crippen LogP contribution in [0.15, 0.2) is 22.7 Å². The van der Waals surface area contributed by atoms with Gasteiger partial charge in [-0.15, -0.1) is 0 Å². The molecule has 5 heteroatoms. The Hall–Kier alpha value is -1.07. The zero-order valence-electron chi connectivity index (χ0n) is 12.5. The number of aromatic carboxylic acids is 1. The van der Waals surface area contributed by atoms with Crippen LogP contribution in [-0.4, -0.2) is 29.3 Å². The Morgan fingerprint density at radius 1 is 1.48 bits per heavy atom. The molecule has 0 saturated carbocycles. The first-order valence-electron chi connectivity index (χ1n) is 7.43. The van der Waals surface area contributed by atoms with Gasteiger partial charge in [-0.05, 0) is 59.8 Å². The molecule has 1 aromatic rings. The average Bonchev–Trinajstić information content (AvgIpc) is 2.49. The number of carboxylic acid groups (broad SMARTS) is 1. The van der Waals surface area contributed by atoms with Crippen LogP contribution in [0.4, 0.5) is 5.69 Å². The third-order valence-electron chi connectivity index (χ3n) is 4.36. The summed E-state index contributed by atoms with van der Waals surface area (Å²) in [6.45, 7) is 5.11. The molecule has 1 atom stereocenters. The highest BCUT2D eigenvalue weighted by atomic mass is 79.9. The standard InChI is InChI=1S/C16H22BrNO3/c1-3-16(4-2)10-12(7-8-21-16)18-14-6-5-11(15(19)20)9-13(14)17/h5-6,9,12,18H,3-4,7-8,10H2,1-2H3,(H,19,20). The molecule has 1 aromatic carbocycles. The van der Waals surface area contributed by atoms with E-state index in [1.165, 1.54) is 0 Å². The fourth-order valence-corrected chi connectivity index (χ4v) is 3.37. The molecular weight excluding hydrogens is 334 g/mol. The number of ether oxygens (including phenoxy) is 1. The van der Waals surface area contributed by atoms with E-state index in [1.54, 1.807) is 12.1 Å². The van der Waals surface area contributed by atoms with Crippen LogP contribution in [0.2, 0.25) is 0 Å². The highest BCUT2D eigenvalue weighted by Gasteiger charge is 2.34. The van der Waals surface area contributed by atoms with Gasteiger partial charge in [0.05, 0.1) is 11.2 Å². The Labute approximate surface area is 134 Å². The second kappa shape index (κ2) is 6.79. The van der Waals surface area contributed by atoms with E-state index in [9.17, 15) is 4.79 Å². The van der Waals surface area contributed by atoms with Crippen LogP contribution in [-0.2, 0) is 4.74 Å². The summed E-state index contributed by atoms with van der Waals surface area (Å²) in [6, 6.07) is 5.44. The van der Waals surface area contributed by atoms with Crippen LogP contribution >= 0.6 is 15.9 Å². The molecule has 0 aromatic heterocycles.